The fraction of sp³-hybridized carbons (Fsp3) is 0.154. The van der Waals surface area contributed by atoms with Gasteiger partial charge in [-0.2, -0.15) is 0 Å². The summed E-state index contributed by atoms with van der Waals surface area (Å²) in [5.74, 6) is 0.395. The van der Waals surface area contributed by atoms with Gasteiger partial charge in [0, 0.05) is 41.4 Å². The first-order chi connectivity index (χ1) is 9.66. The van der Waals surface area contributed by atoms with E-state index in [0.717, 1.165) is 21.3 Å². The quantitative estimate of drug-likeness (QED) is 0.763. The fourth-order valence-electron chi connectivity index (χ4n) is 2.20. The maximum Gasteiger partial charge on any atom is 0.265 e. The van der Waals surface area contributed by atoms with Crippen molar-refractivity contribution in [2.24, 2.45) is 5.73 Å². The van der Waals surface area contributed by atoms with Crippen LogP contribution in [0.2, 0.25) is 0 Å². The molecule has 6 nitrogen and oxygen atoms in total. The monoisotopic (exact) mass is 333 g/mol. The van der Waals surface area contributed by atoms with E-state index in [1.165, 1.54) is 0 Å². The number of imidazole rings is 1. The summed E-state index contributed by atoms with van der Waals surface area (Å²) < 4.78 is 2.71. The maximum absolute atomic E-state index is 11.6. The molecule has 1 amide bonds. The maximum atomic E-state index is 11.6. The van der Waals surface area contributed by atoms with Crippen LogP contribution in [0.3, 0.4) is 0 Å². The average Bonchev–Trinajstić information content (AvgIpc) is 3.03. The summed E-state index contributed by atoms with van der Waals surface area (Å²) in [5, 5.41) is 0.876. The number of aromatic nitrogens is 4. The summed E-state index contributed by atoms with van der Waals surface area (Å²) in [5.41, 5.74) is 6.64. The lowest BCUT2D eigenvalue weighted by molar-refractivity contribution is 0.0991. The van der Waals surface area contributed by atoms with Gasteiger partial charge in [-0.25, -0.2) is 9.97 Å². The predicted molar refractivity (Wildman–Crippen MR) is 78.2 cm³/mol. The van der Waals surface area contributed by atoms with E-state index >= 15 is 0 Å². The molecule has 0 aliphatic heterocycles. The molecule has 0 spiro atoms. The number of carbonyl (C=O) groups excluding carboxylic acids is 1. The first kappa shape index (κ1) is 12.9. The molecule has 0 aromatic carbocycles. The van der Waals surface area contributed by atoms with Crippen molar-refractivity contribution in [3.63, 3.8) is 0 Å². The SMILES string of the molecule is NC(=O)c1cc2c(Br)ccnc2n1CCc1ncc[nH]1. The normalized spacial score (nSPS) is 11.1. The molecule has 7 heteroatoms. The lowest BCUT2D eigenvalue weighted by Gasteiger charge is -2.07. The van der Waals surface area contributed by atoms with E-state index in [1.807, 2.05) is 10.6 Å². The number of pyridine rings is 1. The number of aryl methyl sites for hydroxylation is 2. The molecule has 0 aliphatic rings. The minimum absolute atomic E-state index is 0.450. The third-order valence-electron chi connectivity index (χ3n) is 3.12. The van der Waals surface area contributed by atoms with E-state index in [4.69, 9.17) is 5.73 Å². The van der Waals surface area contributed by atoms with E-state index < -0.39 is 5.91 Å². The van der Waals surface area contributed by atoms with Crippen molar-refractivity contribution >= 4 is 32.9 Å². The number of H-pyrrole nitrogens is 1. The number of carbonyl (C=O) groups is 1. The van der Waals surface area contributed by atoms with Gasteiger partial charge in [-0.3, -0.25) is 4.79 Å². The van der Waals surface area contributed by atoms with Crippen LogP contribution in [0.25, 0.3) is 11.0 Å². The number of fused-ring (bicyclic) bond motifs is 1. The van der Waals surface area contributed by atoms with Crippen LogP contribution in [-0.2, 0) is 13.0 Å². The van der Waals surface area contributed by atoms with Crippen LogP contribution in [0.1, 0.15) is 16.3 Å². The van der Waals surface area contributed by atoms with E-state index in [9.17, 15) is 4.79 Å². The standard InChI is InChI=1S/C13H12BrN5O/c14-9-1-3-18-13-8(9)7-10(12(15)20)19(13)6-2-11-16-4-5-17-11/h1,3-5,7H,2,6H2,(H2,15,20)(H,16,17). The van der Waals surface area contributed by atoms with E-state index in [1.54, 1.807) is 24.7 Å². The number of nitrogens with zero attached hydrogens (tertiary/aromatic N) is 3. The van der Waals surface area contributed by atoms with Crippen molar-refractivity contribution in [3.8, 4) is 0 Å². The van der Waals surface area contributed by atoms with E-state index in [-0.39, 0.29) is 0 Å². The van der Waals surface area contributed by atoms with Gasteiger partial charge in [0.2, 0.25) is 0 Å². The van der Waals surface area contributed by atoms with Crippen LogP contribution in [0, 0.1) is 0 Å². The zero-order valence-corrected chi connectivity index (χ0v) is 12.1. The Balaban J connectivity index is 2.05. The zero-order valence-electron chi connectivity index (χ0n) is 10.5. The Kier molecular flexibility index (Phi) is 3.27. The molecule has 0 fully saturated rings. The molecular formula is C13H12BrN5O. The largest absolute Gasteiger partial charge is 0.364 e. The van der Waals surface area contributed by atoms with Gasteiger partial charge in [0.15, 0.2) is 0 Å². The summed E-state index contributed by atoms with van der Waals surface area (Å²) in [4.78, 5) is 23.1. The minimum atomic E-state index is -0.464. The molecule has 20 heavy (non-hydrogen) atoms. The van der Waals surface area contributed by atoms with Gasteiger partial charge in [0.1, 0.15) is 17.2 Å². The Labute approximate surface area is 123 Å². The van der Waals surface area contributed by atoms with Gasteiger partial charge in [-0.15, -0.1) is 0 Å². The van der Waals surface area contributed by atoms with Gasteiger partial charge in [0.25, 0.3) is 5.91 Å². The summed E-state index contributed by atoms with van der Waals surface area (Å²) >= 11 is 3.46. The van der Waals surface area contributed by atoms with Gasteiger partial charge in [0.05, 0.1) is 0 Å². The van der Waals surface area contributed by atoms with Gasteiger partial charge in [-0.05, 0) is 28.1 Å². The third kappa shape index (κ3) is 2.20. The Morgan fingerprint density at radius 2 is 2.25 bits per heavy atom. The van der Waals surface area contributed by atoms with Crippen molar-refractivity contribution < 1.29 is 4.79 Å². The highest BCUT2D eigenvalue weighted by Gasteiger charge is 2.15. The topological polar surface area (TPSA) is 89.6 Å². The molecule has 102 valence electrons. The van der Waals surface area contributed by atoms with Crippen LogP contribution < -0.4 is 5.73 Å². The number of hydrogen-bond donors (Lipinski definition) is 2. The molecule has 3 aromatic heterocycles. The van der Waals surface area contributed by atoms with Crippen molar-refractivity contribution in [1.82, 2.24) is 19.5 Å². The number of amides is 1. The number of halogens is 1. The highest BCUT2D eigenvalue weighted by molar-refractivity contribution is 9.10. The highest BCUT2D eigenvalue weighted by Crippen LogP contribution is 2.25. The molecule has 3 N–H and O–H groups in total. The zero-order chi connectivity index (χ0) is 14.1. The molecule has 0 radical (unpaired) electrons. The molecule has 3 heterocycles. The third-order valence-corrected chi connectivity index (χ3v) is 3.81. The second-order valence-electron chi connectivity index (χ2n) is 4.36. The number of hydrogen-bond acceptors (Lipinski definition) is 3. The minimum Gasteiger partial charge on any atom is -0.364 e. The fourth-order valence-corrected chi connectivity index (χ4v) is 2.61. The van der Waals surface area contributed by atoms with Crippen molar-refractivity contribution in [3.05, 3.63) is 46.7 Å². The van der Waals surface area contributed by atoms with Crippen molar-refractivity contribution in [2.75, 3.05) is 0 Å². The lowest BCUT2D eigenvalue weighted by Crippen LogP contribution is -2.18. The highest BCUT2D eigenvalue weighted by atomic mass is 79.9. The smallest absolute Gasteiger partial charge is 0.265 e. The predicted octanol–water partition coefficient (Wildman–Crippen LogP) is 1.86. The van der Waals surface area contributed by atoms with Gasteiger partial charge < -0.3 is 15.3 Å². The Hall–Kier alpha value is -2.15. The van der Waals surface area contributed by atoms with Crippen LogP contribution in [0.15, 0.2) is 35.2 Å². The molecule has 0 atom stereocenters. The molecule has 0 bridgehead atoms. The number of nitrogens with one attached hydrogen (secondary N) is 1. The van der Waals surface area contributed by atoms with Crippen LogP contribution in [0.4, 0.5) is 0 Å². The first-order valence-electron chi connectivity index (χ1n) is 6.08. The molecule has 3 rings (SSSR count). The van der Waals surface area contributed by atoms with E-state index in [2.05, 4.69) is 30.9 Å². The molecule has 3 aromatic rings. The van der Waals surface area contributed by atoms with Crippen LogP contribution in [0.5, 0.6) is 0 Å². The van der Waals surface area contributed by atoms with Gasteiger partial charge in [-0.1, -0.05) is 0 Å². The summed E-state index contributed by atoms with van der Waals surface area (Å²) in [7, 11) is 0. The second-order valence-corrected chi connectivity index (χ2v) is 5.22. The van der Waals surface area contributed by atoms with E-state index in [0.29, 0.717) is 18.7 Å². The van der Waals surface area contributed by atoms with Crippen molar-refractivity contribution in [2.45, 2.75) is 13.0 Å². The summed E-state index contributed by atoms with van der Waals surface area (Å²) in [6.45, 7) is 0.582. The first-order valence-corrected chi connectivity index (χ1v) is 6.88. The van der Waals surface area contributed by atoms with Crippen LogP contribution in [-0.4, -0.2) is 25.4 Å². The molecule has 0 unspecified atom stereocenters. The summed E-state index contributed by atoms with van der Waals surface area (Å²) in [6, 6.07) is 3.60. The van der Waals surface area contributed by atoms with Crippen molar-refractivity contribution in [1.29, 1.82) is 0 Å². The number of rotatable bonds is 4. The Morgan fingerprint density at radius 3 is 2.95 bits per heavy atom. The Bertz CT molecular complexity index is 763. The summed E-state index contributed by atoms with van der Waals surface area (Å²) in [6.07, 6.45) is 5.84. The molecule has 0 aliphatic carbocycles. The number of primary amides is 1. The van der Waals surface area contributed by atoms with Crippen LogP contribution >= 0.6 is 15.9 Å². The Morgan fingerprint density at radius 1 is 1.40 bits per heavy atom. The molecule has 0 saturated heterocycles. The lowest BCUT2D eigenvalue weighted by atomic mass is 10.3. The molecular weight excluding hydrogens is 322 g/mol. The number of nitrogens with two attached hydrogens (primary N) is 1. The average molecular weight is 334 g/mol. The van der Waals surface area contributed by atoms with Gasteiger partial charge >= 0.3 is 0 Å². The second kappa shape index (κ2) is 5.09. The molecule has 0 saturated carbocycles. The number of aromatic amines is 1.